The minimum Gasteiger partial charge on any atom is -0.372 e. The van der Waals surface area contributed by atoms with Crippen molar-refractivity contribution in [1.82, 2.24) is 0 Å². The first-order valence-electron chi connectivity index (χ1n) is 7.62. The highest BCUT2D eigenvalue weighted by atomic mass is 32.2. The number of ether oxygens (including phenoxy) is 1. The summed E-state index contributed by atoms with van der Waals surface area (Å²) in [6, 6.07) is 14.1. The van der Waals surface area contributed by atoms with E-state index < -0.39 is 0 Å². The lowest BCUT2D eigenvalue weighted by molar-refractivity contribution is -0.113. The van der Waals surface area contributed by atoms with E-state index in [2.05, 4.69) is 4.99 Å². The molecule has 0 fully saturated rings. The Hall–Kier alpha value is -1.89. The van der Waals surface area contributed by atoms with Gasteiger partial charge < -0.3 is 4.74 Å². The monoisotopic (exact) mass is 373 g/mol. The van der Waals surface area contributed by atoms with Gasteiger partial charge in [0.05, 0.1) is 18.1 Å². The molecule has 0 aliphatic carbocycles. The average Bonchev–Trinajstić information content (AvgIpc) is 2.98. The van der Waals surface area contributed by atoms with Crippen LogP contribution >= 0.6 is 23.5 Å². The summed E-state index contributed by atoms with van der Waals surface area (Å²) in [5.41, 5.74) is 2.93. The average molecular weight is 373 g/mol. The van der Waals surface area contributed by atoms with Crippen molar-refractivity contribution >= 4 is 39.9 Å². The Labute approximate surface area is 154 Å². The third-order valence-electron chi connectivity index (χ3n) is 3.50. The van der Waals surface area contributed by atoms with Gasteiger partial charge in [-0.1, -0.05) is 48.2 Å². The molecule has 1 aliphatic rings. The van der Waals surface area contributed by atoms with E-state index in [-0.39, 0.29) is 11.7 Å². The Kier molecular flexibility index (Phi) is 6.07. The maximum atomic E-state index is 12.8. The van der Waals surface area contributed by atoms with E-state index in [0.29, 0.717) is 18.1 Å². The molecule has 0 radical (unpaired) electrons. The lowest BCUT2D eigenvalue weighted by Crippen LogP contribution is -1.94. The summed E-state index contributed by atoms with van der Waals surface area (Å²) in [7, 11) is 0. The van der Waals surface area contributed by atoms with Gasteiger partial charge in [-0.05, 0) is 41.2 Å². The van der Waals surface area contributed by atoms with Crippen LogP contribution < -0.4 is 0 Å². The van der Waals surface area contributed by atoms with Gasteiger partial charge in [0.2, 0.25) is 0 Å². The molecule has 0 bridgehead atoms. The fourth-order valence-corrected chi connectivity index (χ4v) is 3.63. The Bertz CT molecular complexity index is 814. The summed E-state index contributed by atoms with van der Waals surface area (Å²) in [6.45, 7) is 0.910. The van der Waals surface area contributed by atoms with Crippen LogP contribution in [0.25, 0.3) is 6.08 Å². The molecule has 0 saturated carbocycles. The van der Waals surface area contributed by atoms with E-state index in [1.807, 2.05) is 36.6 Å². The van der Waals surface area contributed by atoms with Crippen molar-refractivity contribution in [3.63, 3.8) is 0 Å². The molecule has 128 valence electrons. The quantitative estimate of drug-likeness (QED) is 0.701. The van der Waals surface area contributed by atoms with Crippen LogP contribution in [0.2, 0.25) is 0 Å². The third kappa shape index (κ3) is 5.04. The van der Waals surface area contributed by atoms with Gasteiger partial charge in [-0.15, -0.1) is 11.8 Å². The van der Waals surface area contributed by atoms with Crippen molar-refractivity contribution in [2.75, 3.05) is 6.26 Å². The van der Waals surface area contributed by atoms with Gasteiger partial charge in [-0.25, -0.2) is 4.39 Å². The summed E-state index contributed by atoms with van der Waals surface area (Å²) in [5, 5.41) is 0. The van der Waals surface area contributed by atoms with Crippen LogP contribution in [0.4, 0.5) is 4.39 Å². The Morgan fingerprint density at radius 2 is 1.68 bits per heavy atom. The van der Waals surface area contributed by atoms with Gasteiger partial charge in [0.15, 0.2) is 0 Å². The lowest BCUT2D eigenvalue weighted by atomic mass is 10.1. The molecular weight excluding hydrogens is 357 g/mol. The van der Waals surface area contributed by atoms with Crippen molar-refractivity contribution in [3.05, 3.63) is 75.9 Å². The molecule has 0 spiro atoms. The molecular formula is C19H16FNO2S2. The third-order valence-corrected chi connectivity index (χ3v) is 5.47. The highest BCUT2D eigenvalue weighted by Crippen LogP contribution is 2.32. The van der Waals surface area contributed by atoms with Crippen molar-refractivity contribution in [2.45, 2.75) is 13.2 Å². The van der Waals surface area contributed by atoms with Crippen LogP contribution in [0.3, 0.4) is 0 Å². The predicted molar refractivity (Wildman–Crippen MR) is 103 cm³/mol. The van der Waals surface area contributed by atoms with Crippen molar-refractivity contribution in [1.29, 1.82) is 0 Å². The summed E-state index contributed by atoms with van der Waals surface area (Å²) in [4.78, 5) is 16.4. The Morgan fingerprint density at radius 3 is 2.24 bits per heavy atom. The van der Waals surface area contributed by atoms with Crippen LogP contribution in [0.15, 0.2) is 58.4 Å². The SMILES string of the molecule is CSC1=NC(=O)C(=Cc2ccc(COCc3ccc(F)cc3)cc2)S1. The number of rotatable bonds is 5. The lowest BCUT2D eigenvalue weighted by Gasteiger charge is -2.05. The molecule has 0 N–H and O–H groups in total. The first-order chi connectivity index (χ1) is 12.1. The predicted octanol–water partition coefficient (Wildman–Crippen LogP) is 4.88. The number of nitrogens with zero attached hydrogens (tertiary/aromatic N) is 1. The second-order valence-electron chi connectivity index (χ2n) is 5.36. The normalized spacial score (nSPS) is 15.7. The van der Waals surface area contributed by atoms with Crippen molar-refractivity contribution < 1.29 is 13.9 Å². The molecule has 0 atom stereocenters. The van der Waals surface area contributed by atoms with Gasteiger partial charge in [-0.2, -0.15) is 4.99 Å². The number of hydrogen-bond donors (Lipinski definition) is 0. The minimum atomic E-state index is -0.248. The topological polar surface area (TPSA) is 38.7 Å². The van der Waals surface area contributed by atoms with E-state index in [1.54, 1.807) is 12.1 Å². The van der Waals surface area contributed by atoms with Gasteiger partial charge in [0.1, 0.15) is 10.2 Å². The smallest absolute Gasteiger partial charge is 0.285 e. The fourth-order valence-electron chi connectivity index (χ4n) is 2.21. The fraction of sp³-hybridized carbons (Fsp3) is 0.158. The number of aliphatic imine (C=N–C) groups is 1. The van der Waals surface area contributed by atoms with E-state index in [0.717, 1.165) is 21.1 Å². The number of benzene rings is 2. The number of halogens is 1. The molecule has 6 heteroatoms. The number of carbonyl (C=O) groups excluding carboxylic acids is 1. The van der Waals surface area contributed by atoms with Crippen LogP contribution in [0.1, 0.15) is 16.7 Å². The molecule has 1 heterocycles. The number of carbonyl (C=O) groups is 1. The number of thioether (sulfide) groups is 2. The molecule has 25 heavy (non-hydrogen) atoms. The van der Waals surface area contributed by atoms with E-state index >= 15 is 0 Å². The van der Waals surface area contributed by atoms with Gasteiger partial charge in [0, 0.05) is 0 Å². The molecule has 2 aromatic rings. The molecule has 0 aromatic heterocycles. The summed E-state index contributed by atoms with van der Waals surface area (Å²) >= 11 is 2.88. The molecule has 1 aliphatic heterocycles. The molecule has 3 nitrogen and oxygen atoms in total. The van der Waals surface area contributed by atoms with Gasteiger partial charge in [-0.3, -0.25) is 4.79 Å². The summed E-state index contributed by atoms with van der Waals surface area (Å²) in [5.74, 6) is -0.427. The second kappa shape index (κ2) is 8.47. The van der Waals surface area contributed by atoms with Gasteiger partial charge >= 0.3 is 0 Å². The zero-order valence-corrected chi connectivity index (χ0v) is 15.2. The zero-order valence-electron chi connectivity index (χ0n) is 13.6. The van der Waals surface area contributed by atoms with Crippen molar-refractivity contribution in [2.24, 2.45) is 4.99 Å². The zero-order chi connectivity index (χ0) is 17.6. The van der Waals surface area contributed by atoms with Crippen LogP contribution in [-0.2, 0) is 22.7 Å². The maximum Gasteiger partial charge on any atom is 0.285 e. The highest BCUT2D eigenvalue weighted by Gasteiger charge is 2.20. The largest absolute Gasteiger partial charge is 0.372 e. The molecule has 3 rings (SSSR count). The van der Waals surface area contributed by atoms with Crippen LogP contribution in [-0.4, -0.2) is 16.5 Å². The van der Waals surface area contributed by atoms with E-state index in [9.17, 15) is 9.18 Å². The maximum absolute atomic E-state index is 12.8. The molecule has 0 saturated heterocycles. The Balaban J connectivity index is 1.54. The number of hydrogen-bond acceptors (Lipinski definition) is 4. The molecule has 2 aromatic carbocycles. The first kappa shape index (κ1) is 17.9. The van der Waals surface area contributed by atoms with E-state index in [1.165, 1.54) is 35.7 Å². The van der Waals surface area contributed by atoms with Gasteiger partial charge in [0.25, 0.3) is 5.91 Å². The highest BCUT2D eigenvalue weighted by molar-refractivity contribution is 8.40. The summed E-state index contributed by atoms with van der Waals surface area (Å²) < 4.78 is 19.3. The van der Waals surface area contributed by atoms with Crippen molar-refractivity contribution in [3.8, 4) is 0 Å². The second-order valence-corrected chi connectivity index (χ2v) is 7.44. The van der Waals surface area contributed by atoms with Crippen LogP contribution in [0.5, 0.6) is 0 Å². The summed E-state index contributed by atoms with van der Waals surface area (Å²) in [6.07, 6.45) is 3.76. The Morgan fingerprint density at radius 1 is 1.08 bits per heavy atom. The molecule has 0 unspecified atom stereocenters. The minimum absolute atomic E-state index is 0.180. The molecule has 1 amide bonds. The standard InChI is InChI=1S/C19H16FNO2S2/c1-24-19-21-18(22)17(25-19)10-13-2-4-14(5-3-13)11-23-12-15-6-8-16(20)9-7-15/h2-10H,11-12H2,1H3. The van der Waals surface area contributed by atoms with Crippen LogP contribution in [0, 0.1) is 5.82 Å². The number of amides is 1. The first-order valence-corrected chi connectivity index (χ1v) is 9.66. The van der Waals surface area contributed by atoms with E-state index in [4.69, 9.17) is 4.74 Å².